The molecule has 9 nitrogen and oxygen atoms in total. The summed E-state index contributed by atoms with van der Waals surface area (Å²) >= 11 is 1.13. The SMILES string of the molecule is C/C(=N\OCCO)c1cc(F)c(=N)n(C(=N)Sc2ccc3ncc(N4CCC(N(C)C)C4)cc3c2)c1. The number of hydrogen-bond donors (Lipinski definition) is 3. The Bertz CT molecular complexity index is 1360. The molecule has 3 N–H and O–H groups in total. The van der Waals surface area contributed by atoms with Crippen molar-refractivity contribution in [2.24, 2.45) is 5.16 Å². The Morgan fingerprint density at radius 2 is 2.14 bits per heavy atom. The van der Waals surface area contributed by atoms with E-state index in [4.69, 9.17) is 20.8 Å². The van der Waals surface area contributed by atoms with Gasteiger partial charge in [0.05, 0.1) is 29.7 Å². The highest BCUT2D eigenvalue weighted by molar-refractivity contribution is 8.13. The molecule has 2 aromatic heterocycles. The Kier molecular flexibility index (Phi) is 8.02. The predicted octanol–water partition coefficient (Wildman–Crippen LogP) is 3.10. The number of likely N-dealkylation sites (N-methyl/N-ethyl adjacent to an activating group) is 1. The van der Waals surface area contributed by atoms with E-state index >= 15 is 0 Å². The molecule has 1 fully saturated rings. The van der Waals surface area contributed by atoms with Crippen molar-refractivity contribution >= 4 is 39.2 Å². The van der Waals surface area contributed by atoms with Gasteiger partial charge in [-0.1, -0.05) is 16.9 Å². The van der Waals surface area contributed by atoms with Crippen LogP contribution in [0.15, 0.2) is 52.8 Å². The zero-order chi connectivity index (χ0) is 25.8. The number of hydrogen-bond acceptors (Lipinski definition) is 9. The van der Waals surface area contributed by atoms with Crippen molar-refractivity contribution in [2.75, 3.05) is 45.3 Å². The van der Waals surface area contributed by atoms with Crippen LogP contribution >= 0.6 is 11.8 Å². The van der Waals surface area contributed by atoms with Crippen molar-refractivity contribution in [2.45, 2.75) is 24.3 Å². The normalized spacial score (nSPS) is 16.2. The largest absolute Gasteiger partial charge is 0.393 e. The van der Waals surface area contributed by atoms with Gasteiger partial charge in [-0.2, -0.15) is 0 Å². The zero-order valence-electron chi connectivity index (χ0n) is 20.5. The first-order chi connectivity index (χ1) is 17.3. The standard InChI is InChI=1S/C25H30FN7O2S/c1-16(30-35-9-8-34)18-12-22(26)24(27)33(14-18)25(28)36-21-4-5-23-17(11-21)10-20(13-29-23)32-7-6-19(15-32)31(2)3/h4-5,10-14,19,27-28,34H,6-9,15H2,1-3H3/b27-24?,28-25?,30-16+. The molecule has 0 saturated carbocycles. The van der Waals surface area contributed by atoms with Gasteiger partial charge in [0, 0.05) is 41.2 Å². The molecule has 1 atom stereocenters. The molecule has 0 radical (unpaired) electrons. The van der Waals surface area contributed by atoms with Gasteiger partial charge in [-0.15, -0.1) is 0 Å². The van der Waals surface area contributed by atoms with Crippen LogP contribution in [0.3, 0.4) is 0 Å². The van der Waals surface area contributed by atoms with Crippen molar-refractivity contribution in [1.82, 2.24) is 14.5 Å². The molecule has 36 heavy (non-hydrogen) atoms. The fourth-order valence-corrected chi connectivity index (χ4v) is 4.84. The smallest absolute Gasteiger partial charge is 0.171 e. The van der Waals surface area contributed by atoms with E-state index in [0.29, 0.717) is 17.3 Å². The Labute approximate surface area is 213 Å². The van der Waals surface area contributed by atoms with Crippen LogP contribution < -0.4 is 10.4 Å². The van der Waals surface area contributed by atoms with Crippen LogP contribution in [0, 0.1) is 16.6 Å². The zero-order valence-corrected chi connectivity index (χ0v) is 21.3. The lowest BCUT2D eigenvalue weighted by Crippen LogP contribution is -2.31. The molecule has 3 aromatic rings. The fraction of sp³-hybridized carbons (Fsp3) is 0.360. The maximum Gasteiger partial charge on any atom is 0.171 e. The Balaban J connectivity index is 1.56. The summed E-state index contributed by atoms with van der Waals surface area (Å²) in [6, 6.07) is 9.55. The lowest BCUT2D eigenvalue weighted by atomic mass is 10.2. The minimum atomic E-state index is -0.774. The van der Waals surface area contributed by atoms with E-state index in [9.17, 15) is 4.39 Å². The number of nitrogens with zero attached hydrogens (tertiary/aromatic N) is 5. The Hall–Kier alpha value is -3.28. The molecular weight excluding hydrogens is 481 g/mol. The summed E-state index contributed by atoms with van der Waals surface area (Å²) in [5.41, 5.74) is 2.25. The van der Waals surface area contributed by atoms with Gasteiger partial charge in [0.1, 0.15) is 6.61 Å². The second kappa shape index (κ2) is 11.2. The van der Waals surface area contributed by atoms with Gasteiger partial charge in [0.15, 0.2) is 16.5 Å². The average molecular weight is 512 g/mol. The number of fused-ring (bicyclic) bond motifs is 1. The number of benzene rings is 1. The van der Waals surface area contributed by atoms with Gasteiger partial charge < -0.3 is 19.7 Å². The summed E-state index contributed by atoms with van der Waals surface area (Å²) < 4.78 is 15.7. The van der Waals surface area contributed by atoms with Crippen LogP contribution in [0.5, 0.6) is 0 Å². The lowest BCUT2D eigenvalue weighted by Gasteiger charge is -2.21. The lowest BCUT2D eigenvalue weighted by molar-refractivity contribution is 0.0986. The molecule has 1 aliphatic rings. The third-order valence-electron chi connectivity index (χ3n) is 6.15. The van der Waals surface area contributed by atoms with Gasteiger partial charge in [-0.3, -0.25) is 20.4 Å². The number of halogens is 1. The number of oxime groups is 1. The fourth-order valence-electron chi connectivity index (χ4n) is 4.05. The summed E-state index contributed by atoms with van der Waals surface area (Å²) in [7, 11) is 4.21. The second-order valence-electron chi connectivity index (χ2n) is 8.84. The molecule has 4 rings (SSSR count). The Morgan fingerprint density at radius 1 is 1.33 bits per heavy atom. The van der Waals surface area contributed by atoms with Crippen LogP contribution in [0.2, 0.25) is 0 Å². The molecule has 190 valence electrons. The van der Waals surface area contributed by atoms with Crippen molar-refractivity contribution in [1.29, 1.82) is 10.8 Å². The number of aliphatic hydroxyl groups excluding tert-OH is 1. The summed E-state index contributed by atoms with van der Waals surface area (Å²) in [4.78, 5) is 14.9. The van der Waals surface area contributed by atoms with Crippen molar-refractivity contribution in [3.05, 3.63) is 59.6 Å². The van der Waals surface area contributed by atoms with Crippen molar-refractivity contribution in [3.63, 3.8) is 0 Å². The predicted molar refractivity (Wildman–Crippen MR) is 141 cm³/mol. The molecule has 0 bridgehead atoms. The van der Waals surface area contributed by atoms with Crippen molar-refractivity contribution in [3.8, 4) is 0 Å². The van der Waals surface area contributed by atoms with E-state index < -0.39 is 11.3 Å². The number of aliphatic hydroxyl groups is 1. The number of pyridine rings is 2. The molecule has 3 heterocycles. The van der Waals surface area contributed by atoms with Crippen LogP contribution in [-0.4, -0.2) is 76.9 Å². The van der Waals surface area contributed by atoms with Crippen LogP contribution in [0.4, 0.5) is 10.1 Å². The highest BCUT2D eigenvalue weighted by Crippen LogP contribution is 2.28. The second-order valence-corrected chi connectivity index (χ2v) is 9.90. The number of aromatic nitrogens is 2. The number of rotatable bonds is 7. The first kappa shape index (κ1) is 25.8. The molecule has 1 aliphatic heterocycles. The molecule has 1 unspecified atom stereocenters. The molecule has 0 aliphatic carbocycles. The van der Waals surface area contributed by atoms with Gasteiger partial charge in [0.25, 0.3) is 0 Å². The summed E-state index contributed by atoms with van der Waals surface area (Å²) in [6.07, 6.45) is 4.50. The van der Waals surface area contributed by atoms with E-state index in [1.54, 1.807) is 6.92 Å². The maximum atomic E-state index is 14.5. The molecule has 1 saturated heterocycles. The summed E-state index contributed by atoms with van der Waals surface area (Å²) in [5.74, 6) is -0.774. The quantitative estimate of drug-likeness (QED) is 0.148. The van der Waals surface area contributed by atoms with Crippen molar-refractivity contribution < 1.29 is 14.3 Å². The first-order valence-electron chi connectivity index (χ1n) is 11.6. The van der Waals surface area contributed by atoms with Crippen LogP contribution in [0.1, 0.15) is 18.9 Å². The van der Waals surface area contributed by atoms with Gasteiger partial charge in [-0.25, -0.2) is 4.39 Å². The van der Waals surface area contributed by atoms with Crippen LogP contribution in [0.25, 0.3) is 10.9 Å². The molecule has 0 amide bonds. The van der Waals surface area contributed by atoms with Crippen LogP contribution in [-0.2, 0) is 4.84 Å². The maximum absolute atomic E-state index is 14.5. The number of anilines is 1. The number of nitrogens with one attached hydrogen (secondary N) is 2. The summed E-state index contributed by atoms with van der Waals surface area (Å²) in [6.45, 7) is 3.40. The van der Waals surface area contributed by atoms with Gasteiger partial charge in [0.2, 0.25) is 0 Å². The molecule has 11 heteroatoms. The first-order valence-corrected chi connectivity index (χ1v) is 12.4. The topological polar surface area (TPSA) is 114 Å². The molecule has 1 aromatic carbocycles. The third kappa shape index (κ3) is 5.75. The highest BCUT2D eigenvalue weighted by Gasteiger charge is 2.24. The molecular formula is C25H30FN7O2S. The van der Waals surface area contributed by atoms with Gasteiger partial charge >= 0.3 is 0 Å². The van der Waals surface area contributed by atoms with E-state index in [1.165, 1.54) is 16.8 Å². The summed E-state index contributed by atoms with van der Waals surface area (Å²) in [5, 5.41) is 30.3. The average Bonchev–Trinajstić information content (AvgIpc) is 3.36. The molecule has 0 spiro atoms. The number of thioether (sulfide) groups is 1. The highest BCUT2D eigenvalue weighted by atomic mass is 32.2. The minimum absolute atomic E-state index is 0.0224. The van der Waals surface area contributed by atoms with E-state index in [1.807, 2.05) is 24.4 Å². The van der Waals surface area contributed by atoms with E-state index in [0.717, 1.165) is 52.8 Å². The van der Waals surface area contributed by atoms with E-state index in [2.05, 4.69) is 40.1 Å². The minimum Gasteiger partial charge on any atom is -0.393 e. The monoisotopic (exact) mass is 511 g/mol. The van der Waals surface area contributed by atoms with Gasteiger partial charge in [-0.05, 0) is 57.8 Å². The third-order valence-corrected chi connectivity index (χ3v) is 7.03. The Morgan fingerprint density at radius 3 is 2.86 bits per heavy atom. The van der Waals surface area contributed by atoms with E-state index in [-0.39, 0.29) is 18.4 Å².